The van der Waals surface area contributed by atoms with Gasteiger partial charge in [-0.05, 0) is 64.0 Å². The fraction of sp³-hybridized carbons (Fsp3) is 0.517. The quantitative estimate of drug-likeness (QED) is 0.513. The molecule has 2 saturated heterocycles. The van der Waals surface area contributed by atoms with Gasteiger partial charge in [0.2, 0.25) is 5.91 Å². The topological polar surface area (TPSA) is 71.3 Å². The number of nitrogens with zero attached hydrogens (tertiary/aromatic N) is 5. The number of pyridine rings is 1. The van der Waals surface area contributed by atoms with E-state index in [-0.39, 0.29) is 23.8 Å². The highest BCUT2D eigenvalue weighted by Gasteiger charge is 2.33. The minimum Gasteiger partial charge on any atom is -0.342 e. The smallest absolute Gasteiger partial charge is 0.254 e. The molecule has 190 valence electrons. The normalized spacial score (nSPS) is 19.3. The minimum atomic E-state index is -0.00182. The zero-order valence-electron chi connectivity index (χ0n) is 21.9. The molecule has 4 heterocycles. The third-order valence-electron chi connectivity index (χ3n) is 7.81. The van der Waals surface area contributed by atoms with E-state index in [0.29, 0.717) is 24.6 Å². The van der Waals surface area contributed by atoms with Gasteiger partial charge in [-0.2, -0.15) is 5.10 Å². The number of fused-ring (bicyclic) bond motifs is 1. The standard InChI is InChI=1S/C29H37N5O2/c1-19(2)34-27-25(17-30-34)24(16-26(31-27)23-10-6-5-9-21(23)4)29(36)32-14-11-22(12-15-32)28(35)33-13-7-8-20(3)18-33/h5-6,9-10,16-17,19-20,22H,7-8,11-15,18H2,1-4H3. The van der Waals surface area contributed by atoms with Gasteiger partial charge in [-0.25, -0.2) is 9.67 Å². The first-order chi connectivity index (χ1) is 17.3. The number of hydrogen-bond donors (Lipinski definition) is 0. The minimum absolute atomic E-state index is 0.00182. The van der Waals surface area contributed by atoms with Crippen LogP contribution in [-0.2, 0) is 4.79 Å². The molecule has 36 heavy (non-hydrogen) atoms. The van der Waals surface area contributed by atoms with E-state index in [1.54, 1.807) is 6.20 Å². The summed E-state index contributed by atoms with van der Waals surface area (Å²) in [5.74, 6) is 0.869. The molecule has 1 aromatic carbocycles. The van der Waals surface area contributed by atoms with Gasteiger partial charge in [-0.15, -0.1) is 0 Å². The highest BCUT2D eigenvalue weighted by atomic mass is 16.2. The fourth-order valence-corrected chi connectivity index (χ4v) is 5.72. The average Bonchev–Trinajstić information content (AvgIpc) is 3.32. The first kappa shape index (κ1) is 24.5. The Morgan fingerprint density at radius 3 is 2.47 bits per heavy atom. The summed E-state index contributed by atoms with van der Waals surface area (Å²) in [5, 5.41) is 5.35. The third kappa shape index (κ3) is 4.63. The van der Waals surface area contributed by atoms with Crippen molar-refractivity contribution in [2.75, 3.05) is 26.2 Å². The second kappa shape index (κ2) is 10.0. The fourth-order valence-electron chi connectivity index (χ4n) is 5.72. The highest BCUT2D eigenvalue weighted by molar-refractivity contribution is 6.06. The Hall–Kier alpha value is -3.22. The third-order valence-corrected chi connectivity index (χ3v) is 7.81. The number of rotatable bonds is 4. The first-order valence-corrected chi connectivity index (χ1v) is 13.4. The molecule has 7 nitrogen and oxygen atoms in total. The summed E-state index contributed by atoms with van der Waals surface area (Å²) in [6.07, 6.45) is 5.51. The van der Waals surface area contributed by atoms with Crippen LogP contribution < -0.4 is 0 Å². The molecule has 0 aliphatic carbocycles. The monoisotopic (exact) mass is 487 g/mol. The van der Waals surface area contributed by atoms with Crippen LogP contribution in [0.2, 0.25) is 0 Å². The second-order valence-electron chi connectivity index (χ2n) is 10.9. The maximum Gasteiger partial charge on any atom is 0.254 e. The van der Waals surface area contributed by atoms with Gasteiger partial charge in [-0.3, -0.25) is 9.59 Å². The Balaban J connectivity index is 1.41. The number of benzene rings is 1. The van der Waals surface area contributed by atoms with E-state index >= 15 is 0 Å². The molecular weight excluding hydrogens is 450 g/mol. The molecule has 1 unspecified atom stereocenters. The molecule has 2 fully saturated rings. The van der Waals surface area contributed by atoms with Crippen molar-refractivity contribution >= 4 is 22.8 Å². The Labute approximate surface area is 213 Å². The molecule has 5 rings (SSSR count). The van der Waals surface area contributed by atoms with Gasteiger partial charge in [0, 0.05) is 43.7 Å². The molecule has 1 atom stereocenters. The van der Waals surface area contributed by atoms with Crippen molar-refractivity contribution in [2.24, 2.45) is 11.8 Å². The molecule has 0 radical (unpaired) electrons. The largest absolute Gasteiger partial charge is 0.342 e. The van der Waals surface area contributed by atoms with Gasteiger partial charge in [0.05, 0.1) is 22.8 Å². The molecule has 0 N–H and O–H groups in total. The van der Waals surface area contributed by atoms with E-state index in [1.807, 2.05) is 33.8 Å². The number of hydrogen-bond acceptors (Lipinski definition) is 4. The predicted octanol–water partition coefficient (Wildman–Crippen LogP) is 5.10. The van der Waals surface area contributed by atoms with Gasteiger partial charge in [0.25, 0.3) is 5.91 Å². The lowest BCUT2D eigenvalue weighted by molar-refractivity contribution is -0.138. The van der Waals surface area contributed by atoms with Crippen molar-refractivity contribution in [2.45, 2.75) is 59.4 Å². The van der Waals surface area contributed by atoms with E-state index in [0.717, 1.165) is 60.2 Å². The molecule has 3 aromatic rings. The summed E-state index contributed by atoms with van der Waals surface area (Å²) in [7, 11) is 0. The zero-order valence-corrected chi connectivity index (χ0v) is 21.9. The van der Waals surface area contributed by atoms with Gasteiger partial charge in [0.1, 0.15) is 0 Å². The number of aryl methyl sites for hydroxylation is 1. The van der Waals surface area contributed by atoms with Crippen molar-refractivity contribution in [1.82, 2.24) is 24.6 Å². The van der Waals surface area contributed by atoms with Crippen LogP contribution in [-0.4, -0.2) is 62.6 Å². The summed E-state index contributed by atoms with van der Waals surface area (Å²) in [5.41, 5.74) is 4.29. The summed E-state index contributed by atoms with van der Waals surface area (Å²) >= 11 is 0. The van der Waals surface area contributed by atoms with Gasteiger partial charge >= 0.3 is 0 Å². The molecule has 0 spiro atoms. The van der Waals surface area contributed by atoms with E-state index in [1.165, 1.54) is 6.42 Å². The summed E-state index contributed by atoms with van der Waals surface area (Å²) in [6, 6.07) is 10.2. The van der Waals surface area contributed by atoms with E-state index in [4.69, 9.17) is 4.98 Å². The number of amides is 2. The molecule has 0 bridgehead atoms. The number of piperidine rings is 2. The summed E-state index contributed by atoms with van der Waals surface area (Å²) in [4.78, 5) is 35.9. The van der Waals surface area contributed by atoms with Crippen molar-refractivity contribution < 1.29 is 9.59 Å². The van der Waals surface area contributed by atoms with Crippen molar-refractivity contribution in [1.29, 1.82) is 0 Å². The number of carbonyl (C=O) groups is 2. The lowest BCUT2D eigenvalue weighted by atomic mass is 9.92. The Morgan fingerprint density at radius 2 is 1.78 bits per heavy atom. The van der Waals surface area contributed by atoms with Crippen LogP contribution in [0.15, 0.2) is 36.5 Å². The van der Waals surface area contributed by atoms with Crippen LogP contribution in [0.25, 0.3) is 22.3 Å². The SMILES string of the molecule is Cc1ccccc1-c1cc(C(=O)N2CCC(C(=O)N3CCCC(C)C3)CC2)c2cnn(C(C)C)c2n1. The van der Waals surface area contributed by atoms with E-state index < -0.39 is 0 Å². The average molecular weight is 488 g/mol. The van der Waals surface area contributed by atoms with Crippen LogP contribution in [0.1, 0.15) is 68.4 Å². The maximum atomic E-state index is 13.8. The molecule has 0 saturated carbocycles. The number of carbonyl (C=O) groups excluding carboxylic acids is 2. The van der Waals surface area contributed by atoms with Crippen molar-refractivity contribution in [3.8, 4) is 11.3 Å². The van der Waals surface area contributed by atoms with Crippen LogP contribution in [0, 0.1) is 18.8 Å². The van der Waals surface area contributed by atoms with E-state index in [2.05, 4.69) is 43.8 Å². The summed E-state index contributed by atoms with van der Waals surface area (Å²) in [6.45, 7) is 11.4. The summed E-state index contributed by atoms with van der Waals surface area (Å²) < 4.78 is 1.89. The van der Waals surface area contributed by atoms with Crippen LogP contribution >= 0.6 is 0 Å². The molecule has 2 amide bonds. The Morgan fingerprint density at radius 1 is 1.03 bits per heavy atom. The maximum absolute atomic E-state index is 13.8. The lowest BCUT2D eigenvalue weighted by Crippen LogP contribution is -2.47. The zero-order chi connectivity index (χ0) is 25.4. The Kier molecular flexibility index (Phi) is 6.82. The molecule has 2 aliphatic heterocycles. The second-order valence-corrected chi connectivity index (χ2v) is 10.9. The van der Waals surface area contributed by atoms with Gasteiger partial charge in [-0.1, -0.05) is 31.2 Å². The molecular formula is C29H37N5O2. The molecule has 2 aliphatic rings. The van der Waals surface area contributed by atoms with Gasteiger partial charge < -0.3 is 9.80 Å². The highest BCUT2D eigenvalue weighted by Crippen LogP contribution is 2.30. The Bertz CT molecular complexity index is 1270. The van der Waals surface area contributed by atoms with Gasteiger partial charge in [0.15, 0.2) is 5.65 Å². The van der Waals surface area contributed by atoms with Crippen molar-refractivity contribution in [3.63, 3.8) is 0 Å². The van der Waals surface area contributed by atoms with Crippen molar-refractivity contribution in [3.05, 3.63) is 47.7 Å². The lowest BCUT2D eigenvalue weighted by Gasteiger charge is -2.37. The predicted molar refractivity (Wildman–Crippen MR) is 142 cm³/mol. The van der Waals surface area contributed by atoms with Crippen LogP contribution in [0.4, 0.5) is 0 Å². The molecule has 2 aromatic heterocycles. The number of likely N-dealkylation sites (tertiary alicyclic amines) is 2. The molecule has 7 heteroatoms. The number of aromatic nitrogens is 3. The van der Waals surface area contributed by atoms with E-state index in [9.17, 15) is 9.59 Å². The first-order valence-electron chi connectivity index (χ1n) is 13.4. The van der Waals surface area contributed by atoms with Crippen LogP contribution in [0.5, 0.6) is 0 Å². The van der Waals surface area contributed by atoms with Crippen LogP contribution in [0.3, 0.4) is 0 Å².